The Kier molecular flexibility index (Phi) is 9.32. The number of carboxylic acids is 1. The van der Waals surface area contributed by atoms with Gasteiger partial charge in [-0.2, -0.15) is 0 Å². The van der Waals surface area contributed by atoms with Crippen molar-refractivity contribution in [2.75, 3.05) is 23.4 Å². The van der Waals surface area contributed by atoms with Gasteiger partial charge in [0.1, 0.15) is 11.5 Å². The second-order valence-corrected chi connectivity index (χ2v) is 9.69. The summed E-state index contributed by atoms with van der Waals surface area (Å²) in [5, 5.41) is 11.7. The van der Waals surface area contributed by atoms with E-state index in [4.69, 9.17) is 21.4 Å². The first-order valence-corrected chi connectivity index (χ1v) is 12.2. The van der Waals surface area contributed by atoms with E-state index < -0.39 is 30.1 Å². The highest BCUT2D eigenvalue weighted by molar-refractivity contribution is 6.30. The zero-order chi connectivity index (χ0) is 25.5. The molecule has 6 nitrogen and oxygen atoms in total. The van der Waals surface area contributed by atoms with Crippen LogP contribution in [0, 0.1) is 17.6 Å². The molecule has 190 valence electrons. The second-order valence-electron chi connectivity index (χ2n) is 9.25. The maximum atomic E-state index is 15.6. The van der Waals surface area contributed by atoms with E-state index >= 15 is 4.39 Å². The Labute approximate surface area is 209 Å². The van der Waals surface area contributed by atoms with Crippen molar-refractivity contribution in [1.82, 2.24) is 0 Å². The number of hydrogen-bond acceptors (Lipinski definition) is 4. The number of nitrogens with zero attached hydrogens (tertiary/aromatic N) is 1. The zero-order valence-electron chi connectivity index (χ0n) is 20.0. The summed E-state index contributed by atoms with van der Waals surface area (Å²) in [6.07, 6.45) is 4.87. The van der Waals surface area contributed by atoms with Crippen molar-refractivity contribution >= 4 is 34.9 Å². The van der Waals surface area contributed by atoms with E-state index in [0.717, 1.165) is 38.2 Å². The summed E-state index contributed by atoms with van der Waals surface area (Å²) in [6, 6.07) is 7.22. The van der Waals surface area contributed by atoms with Crippen molar-refractivity contribution < 1.29 is 28.2 Å². The minimum atomic E-state index is -1.25. The highest BCUT2D eigenvalue weighted by atomic mass is 35.5. The maximum absolute atomic E-state index is 15.6. The molecule has 1 aliphatic rings. The molecule has 1 saturated carbocycles. The SMILES string of the molecule is CC(C)CN(c1ccc(OCC(=O)O)c(F)c1NC(=O)Cc1ccc(Cl)cc1F)C1CCCCC1. The molecule has 35 heavy (non-hydrogen) atoms. The molecule has 0 atom stereocenters. The Morgan fingerprint density at radius 1 is 1.17 bits per heavy atom. The van der Waals surface area contributed by atoms with Gasteiger partial charge >= 0.3 is 5.97 Å². The summed E-state index contributed by atoms with van der Waals surface area (Å²) < 4.78 is 35.0. The van der Waals surface area contributed by atoms with Gasteiger partial charge in [0.15, 0.2) is 18.2 Å². The molecule has 1 aliphatic carbocycles. The van der Waals surface area contributed by atoms with Gasteiger partial charge in [0, 0.05) is 17.6 Å². The second kappa shape index (κ2) is 12.2. The molecular weight excluding hydrogens is 478 g/mol. The van der Waals surface area contributed by atoms with Gasteiger partial charge in [0.2, 0.25) is 5.91 Å². The molecule has 1 amide bonds. The fourth-order valence-electron chi connectivity index (χ4n) is 4.41. The average Bonchev–Trinajstić information content (AvgIpc) is 2.80. The first-order chi connectivity index (χ1) is 16.7. The lowest BCUT2D eigenvalue weighted by Gasteiger charge is -2.38. The molecule has 0 aliphatic heterocycles. The van der Waals surface area contributed by atoms with Crippen LogP contribution in [0.4, 0.5) is 20.2 Å². The monoisotopic (exact) mass is 508 g/mol. The van der Waals surface area contributed by atoms with Crippen LogP contribution < -0.4 is 15.0 Å². The quantitative estimate of drug-likeness (QED) is 0.408. The van der Waals surface area contributed by atoms with E-state index in [0.29, 0.717) is 12.2 Å². The number of anilines is 2. The van der Waals surface area contributed by atoms with Crippen LogP contribution in [-0.2, 0) is 16.0 Å². The molecule has 0 aromatic heterocycles. The number of ether oxygens (including phenoxy) is 1. The number of hydrogen-bond donors (Lipinski definition) is 2. The van der Waals surface area contributed by atoms with Crippen molar-refractivity contribution in [3.63, 3.8) is 0 Å². The van der Waals surface area contributed by atoms with Crippen LogP contribution in [0.2, 0.25) is 5.02 Å². The third-order valence-electron chi connectivity index (χ3n) is 5.95. The molecule has 3 rings (SSSR count). The van der Waals surface area contributed by atoms with E-state index in [1.165, 1.54) is 18.2 Å². The van der Waals surface area contributed by atoms with Gasteiger partial charge in [-0.1, -0.05) is 50.8 Å². The van der Waals surface area contributed by atoms with E-state index in [1.807, 2.05) is 0 Å². The topological polar surface area (TPSA) is 78.9 Å². The fraction of sp³-hybridized carbons (Fsp3) is 0.462. The van der Waals surface area contributed by atoms with E-state index in [2.05, 4.69) is 24.1 Å². The third kappa shape index (κ3) is 7.31. The summed E-state index contributed by atoms with van der Waals surface area (Å²) in [5.74, 6) is -3.36. The lowest BCUT2D eigenvalue weighted by atomic mass is 9.93. The molecule has 0 saturated heterocycles. The Hall–Kier alpha value is -2.87. The molecule has 0 spiro atoms. The summed E-state index contributed by atoms with van der Waals surface area (Å²) in [7, 11) is 0. The van der Waals surface area contributed by atoms with Crippen LogP contribution >= 0.6 is 11.6 Å². The molecule has 1 fully saturated rings. The van der Waals surface area contributed by atoms with Gasteiger partial charge < -0.3 is 20.1 Å². The Bertz CT molecular complexity index is 1060. The van der Waals surface area contributed by atoms with Crippen LogP contribution in [0.25, 0.3) is 0 Å². The van der Waals surface area contributed by atoms with E-state index in [9.17, 15) is 14.0 Å². The van der Waals surface area contributed by atoms with Gasteiger partial charge in [-0.05, 0) is 48.6 Å². The molecule has 0 unspecified atom stereocenters. The van der Waals surface area contributed by atoms with Crippen LogP contribution in [0.1, 0.15) is 51.5 Å². The molecule has 2 aromatic rings. The van der Waals surface area contributed by atoms with Crippen molar-refractivity contribution in [1.29, 1.82) is 0 Å². The number of benzene rings is 2. The van der Waals surface area contributed by atoms with E-state index in [1.54, 1.807) is 6.07 Å². The predicted octanol–water partition coefficient (Wildman–Crippen LogP) is 6.06. The van der Waals surface area contributed by atoms with E-state index in [-0.39, 0.29) is 40.4 Å². The first-order valence-electron chi connectivity index (χ1n) is 11.8. The van der Waals surface area contributed by atoms with Crippen molar-refractivity contribution in [3.8, 4) is 5.75 Å². The van der Waals surface area contributed by atoms with Crippen LogP contribution in [0.5, 0.6) is 5.75 Å². The molecule has 0 radical (unpaired) electrons. The first kappa shape index (κ1) is 26.7. The minimum Gasteiger partial charge on any atom is -0.479 e. The lowest BCUT2D eigenvalue weighted by Crippen LogP contribution is -2.40. The van der Waals surface area contributed by atoms with Crippen LogP contribution in [-0.4, -0.2) is 36.2 Å². The summed E-state index contributed by atoms with van der Waals surface area (Å²) in [4.78, 5) is 25.9. The molecule has 2 aromatic carbocycles. The normalized spacial score (nSPS) is 14.1. The summed E-state index contributed by atoms with van der Waals surface area (Å²) >= 11 is 5.79. The van der Waals surface area contributed by atoms with Gasteiger partial charge in [-0.15, -0.1) is 0 Å². The molecule has 0 bridgehead atoms. The van der Waals surface area contributed by atoms with Gasteiger partial charge in [0.25, 0.3) is 0 Å². The molecule has 2 N–H and O–H groups in total. The highest BCUT2D eigenvalue weighted by Gasteiger charge is 2.28. The number of nitrogens with one attached hydrogen (secondary N) is 1. The number of carbonyl (C=O) groups is 2. The number of carbonyl (C=O) groups excluding carboxylic acids is 1. The largest absolute Gasteiger partial charge is 0.479 e. The van der Waals surface area contributed by atoms with Crippen LogP contribution in [0.15, 0.2) is 30.3 Å². The van der Waals surface area contributed by atoms with Crippen molar-refractivity contribution in [3.05, 3.63) is 52.6 Å². The Morgan fingerprint density at radius 3 is 2.51 bits per heavy atom. The van der Waals surface area contributed by atoms with Crippen molar-refractivity contribution in [2.24, 2.45) is 5.92 Å². The fourth-order valence-corrected chi connectivity index (χ4v) is 4.57. The van der Waals surface area contributed by atoms with Gasteiger partial charge in [0.05, 0.1) is 12.1 Å². The van der Waals surface area contributed by atoms with Crippen molar-refractivity contribution in [2.45, 2.75) is 58.4 Å². The number of amides is 1. The van der Waals surface area contributed by atoms with Gasteiger partial charge in [-0.25, -0.2) is 13.6 Å². The average molecular weight is 509 g/mol. The molecule has 0 heterocycles. The summed E-state index contributed by atoms with van der Waals surface area (Å²) in [5.41, 5.74) is 0.521. The maximum Gasteiger partial charge on any atom is 0.341 e. The number of carboxylic acid groups (broad SMARTS) is 1. The number of rotatable bonds is 10. The Balaban J connectivity index is 1.97. The minimum absolute atomic E-state index is 0.0986. The Morgan fingerprint density at radius 2 is 1.89 bits per heavy atom. The highest BCUT2D eigenvalue weighted by Crippen LogP contribution is 2.38. The summed E-state index contributed by atoms with van der Waals surface area (Å²) in [6.45, 7) is 4.06. The standard InChI is InChI=1S/C26H31ClF2N2O4/c1-16(2)14-31(19-6-4-3-5-7-19)21-10-11-22(35-15-24(33)34)25(29)26(21)30-23(32)12-17-8-9-18(27)13-20(17)28/h8-11,13,16,19H,3-7,12,14-15H2,1-2H3,(H,30,32)(H,33,34). The third-order valence-corrected chi connectivity index (χ3v) is 6.19. The molecule has 9 heteroatoms. The lowest BCUT2D eigenvalue weighted by molar-refractivity contribution is -0.139. The number of aliphatic carboxylic acids is 1. The predicted molar refractivity (Wildman–Crippen MR) is 132 cm³/mol. The molecular formula is C26H31ClF2N2O4. The smallest absolute Gasteiger partial charge is 0.341 e. The van der Waals surface area contributed by atoms with Crippen LogP contribution in [0.3, 0.4) is 0 Å². The zero-order valence-corrected chi connectivity index (χ0v) is 20.7. The number of halogens is 3. The van der Waals surface area contributed by atoms with Gasteiger partial charge in [-0.3, -0.25) is 4.79 Å².